The Kier molecular flexibility index (Phi) is 4.32. The molecule has 21 heavy (non-hydrogen) atoms. The van der Waals surface area contributed by atoms with Gasteiger partial charge < -0.3 is 5.32 Å². The topological polar surface area (TPSA) is 85.1 Å². The summed E-state index contributed by atoms with van der Waals surface area (Å²) in [6.45, 7) is 5.62. The Balaban J connectivity index is 2.22. The SMILES string of the molecule is Cc1nc(C)c([C@H](C)NC(=O)c2ccccc2[N+](=O)[O-])s1. The summed E-state index contributed by atoms with van der Waals surface area (Å²) in [7, 11) is 0. The van der Waals surface area contributed by atoms with E-state index < -0.39 is 10.8 Å². The summed E-state index contributed by atoms with van der Waals surface area (Å²) in [6.07, 6.45) is 0. The average molecular weight is 305 g/mol. The average Bonchev–Trinajstić information content (AvgIpc) is 2.77. The van der Waals surface area contributed by atoms with Gasteiger partial charge in [-0.3, -0.25) is 14.9 Å². The molecule has 0 aliphatic rings. The molecule has 1 atom stereocenters. The van der Waals surface area contributed by atoms with Gasteiger partial charge in [-0.25, -0.2) is 4.98 Å². The van der Waals surface area contributed by atoms with E-state index in [4.69, 9.17) is 0 Å². The monoisotopic (exact) mass is 305 g/mol. The number of para-hydroxylation sites is 1. The number of amides is 1. The van der Waals surface area contributed by atoms with E-state index in [2.05, 4.69) is 10.3 Å². The molecule has 2 rings (SSSR count). The van der Waals surface area contributed by atoms with Crippen molar-refractivity contribution in [1.82, 2.24) is 10.3 Å². The summed E-state index contributed by atoms with van der Waals surface area (Å²) in [5, 5.41) is 14.7. The zero-order valence-corrected chi connectivity index (χ0v) is 12.7. The molecule has 0 spiro atoms. The Morgan fingerprint density at radius 3 is 2.62 bits per heavy atom. The molecule has 1 heterocycles. The van der Waals surface area contributed by atoms with Crippen molar-refractivity contribution < 1.29 is 9.72 Å². The standard InChI is InChI=1S/C14H15N3O3S/c1-8-13(21-10(3)15-8)9(2)16-14(18)11-6-4-5-7-12(11)17(19)20/h4-7,9H,1-3H3,(H,16,18)/t9-/m0/s1. The van der Waals surface area contributed by atoms with E-state index >= 15 is 0 Å². The smallest absolute Gasteiger partial charge is 0.282 e. The van der Waals surface area contributed by atoms with E-state index in [-0.39, 0.29) is 17.3 Å². The van der Waals surface area contributed by atoms with Gasteiger partial charge in [0.25, 0.3) is 11.6 Å². The van der Waals surface area contributed by atoms with Gasteiger partial charge in [-0.05, 0) is 26.8 Å². The molecule has 0 saturated carbocycles. The minimum absolute atomic E-state index is 0.0632. The molecule has 0 saturated heterocycles. The van der Waals surface area contributed by atoms with Crippen LogP contribution < -0.4 is 5.32 Å². The number of rotatable bonds is 4. The molecule has 0 radical (unpaired) electrons. The molecule has 0 aliphatic heterocycles. The van der Waals surface area contributed by atoms with Gasteiger partial charge in [0.05, 0.1) is 21.7 Å². The van der Waals surface area contributed by atoms with Gasteiger partial charge in [-0.2, -0.15) is 0 Å². The van der Waals surface area contributed by atoms with Crippen molar-refractivity contribution in [2.24, 2.45) is 0 Å². The van der Waals surface area contributed by atoms with Crippen LogP contribution in [0.2, 0.25) is 0 Å². The number of nitrogens with one attached hydrogen (secondary N) is 1. The largest absolute Gasteiger partial charge is 0.344 e. The summed E-state index contributed by atoms with van der Waals surface area (Å²) in [5.41, 5.74) is 0.737. The lowest BCUT2D eigenvalue weighted by atomic mass is 10.1. The minimum Gasteiger partial charge on any atom is -0.344 e. The number of hydrogen-bond donors (Lipinski definition) is 1. The lowest BCUT2D eigenvalue weighted by Crippen LogP contribution is -2.27. The Morgan fingerprint density at radius 1 is 1.38 bits per heavy atom. The zero-order chi connectivity index (χ0) is 15.6. The highest BCUT2D eigenvalue weighted by atomic mass is 32.1. The lowest BCUT2D eigenvalue weighted by Gasteiger charge is -2.13. The van der Waals surface area contributed by atoms with Gasteiger partial charge in [0.15, 0.2) is 0 Å². The second-order valence-corrected chi connectivity index (χ2v) is 5.89. The summed E-state index contributed by atoms with van der Waals surface area (Å²) < 4.78 is 0. The first-order valence-corrected chi connectivity index (χ1v) is 7.20. The van der Waals surface area contributed by atoms with Gasteiger partial charge in [-0.15, -0.1) is 11.3 Å². The molecule has 1 N–H and O–H groups in total. The second-order valence-electron chi connectivity index (χ2n) is 4.65. The van der Waals surface area contributed by atoms with Crippen LogP contribution in [0.15, 0.2) is 24.3 Å². The van der Waals surface area contributed by atoms with E-state index in [1.807, 2.05) is 20.8 Å². The van der Waals surface area contributed by atoms with E-state index in [1.165, 1.54) is 29.5 Å². The van der Waals surface area contributed by atoms with Crippen molar-refractivity contribution in [3.63, 3.8) is 0 Å². The highest BCUT2D eigenvalue weighted by molar-refractivity contribution is 7.11. The van der Waals surface area contributed by atoms with E-state index in [1.54, 1.807) is 6.07 Å². The van der Waals surface area contributed by atoms with Gasteiger partial charge in [-0.1, -0.05) is 12.1 Å². The number of nitrogens with zero attached hydrogens (tertiary/aromatic N) is 2. The Labute approximate surface area is 126 Å². The van der Waals surface area contributed by atoms with Gasteiger partial charge in [0.1, 0.15) is 5.56 Å². The predicted molar refractivity (Wildman–Crippen MR) is 80.6 cm³/mol. The van der Waals surface area contributed by atoms with Crippen LogP contribution in [0.1, 0.15) is 38.9 Å². The summed E-state index contributed by atoms with van der Waals surface area (Å²) in [4.78, 5) is 27.9. The Bertz CT molecular complexity index is 697. The highest BCUT2D eigenvalue weighted by Crippen LogP contribution is 2.25. The molecule has 7 heteroatoms. The second kappa shape index (κ2) is 6.01. The normalized spacial score (nSPS) is 12.0. The molecule has 6 nitrogen and oxygen atoms in total. The van der Waals surface area contributed by atoms with Crippen molar-refractivity contribution in [3.8, 4) is 0 Å². The maximum atomic E-state index is 12.2. The Morgan fingerprint density at radius 2 is 2.05 bits per heavy atom. The number of aromatic nitrogens is 1. The summed E-state index contributed by atoms with van der Waals surface area (Å²) in [6, 6.07) is 5.67. The third kappa shape index (κ3) is 3.25. The van der Waals surface area contributed by atoms with Crippen LogP contribution in [0.25, 0.3) is 0 Å². The fourth-order valence-electron chi connectivity index (χ4n) is 2.11. The highest BCUT2D eigenvalue weighted by Gasteiger charge is 2.22. The lowest BCUT2D eigenvalue weighted by molar-refractivity contribution is -0.385. The van der Waals surface area contributed by atoms with Crippen molar-refractivity contribution in [1.29, 1.82) is 0 Å². The number of carbonyl (C=O) groups excluding carboxylic acids is 1. The van der Waals surface area contributed by atoms with Crippen LogP contribution in [-0.4, -0.2) is 15.8 Å². The molecule has 0 bridgehead atoms. The third-order valence-corrected chi connectivity index (χ3v) is 4.28. The molecule has 0 fully saturated rings. The summed E-state index contributed by atoms with van der Waals surface area (Å²) >= 11 is 1.51. The van der Waals surface area contributed by atoms with Crippen molar-refractivity contribution in [3.05, 3.63) is 55.5 Å². The molecule has 1 amide bonds. The maximum absolute atomic E-state index is 12.2. The van der Waals surface area contributed by atoms with Gasteiger partial charge in [0, 0.05) is 10.9 Å². The number of nitro benzene ring substituents is 1. The first kappa shape index (κ1) is 15.1. The number of aryl methyl sites for hydroxylation is 2. The maximum Gasteiger partial charge on any atom is 0.282 e. The fourth-order valence-corrected chi connectivity index (χ4v) is 3.04. The first-order valence-electron chi connectivity index (χ1n) is 6.38. The minimum atomic E-state index is -0.554. The van der Waals surface area contributed by atoms with Crippen LogP contribution in [0.3, 0.4) is 0 Å². The predicted octanol–water partition coefficient (Wildman–Crippen LogP) is 3.16. The van der Waals surface area contributed by atoms with E-state index in [0.717, 1.165) is 15.6 Å². The molecular weight excluding hydrogens is 290 g/mol. The quantitative estimate of drug-likeness (QED) is 0.694. The molecule has 110 valence electrons. The Hall–Kier alpha value is -2.28. The molecule has 2 aromatic rings. The number of benzene rings is 1. The molecule has 0 unspecified atom stereocenters. The zero-order valence-electron chi connectivity index (χ0n) is 11.9. The number of hydrogen-bond acceptors (Lipinski definition) is 5. The molecular formula is C14H15N3O3S. The van der Waals surface area contributed by atoms with Crippen molar-refractivity contribution in [2.75, 3.05) is 0 Å². The molecule has 1 aromatic heterocycles. The van der Waals surface area contributed by atoms with Gasteiger partial charge in [0.2, 0.25) is 0 Å². The molecule has 0 aliphatic carbocycles. The van der Waals surface area contributed by atoms with E-state index in [9.17, 15) is 14.9 Å². The number of thiazole rings is 1. The van der Waals surface area contributed by atoms with Gasteiger partial charge >= 0.3 is 0 Å². The van der Waals surface area contributed by atoms with Crippen LogP contribution >= 0.6 is 11.3 Å². The van der Waals surface area contributed by atoms with Crippen LogP contribution in [-0.2, 0) is 0 Å². The molecule has 1 aromatic carbocycles. The third-order valence-electron chi connectivity index (χ3n) is 3.03. The van der Waals surface area contributed by atoms with Crippen LogP contribution in [0, 0.1) is 24.0 Å². The van der Waals surface area contributed by atoms with Crippen LogP contribution in [0.4, 0.5) is 5.69 Å². The van der Waals surface area contributed by atoms with Crippen molar-refractivity contribution >= 4 is 22.9 Å². The van der Waals surface area contributed by atoms with Crippen molar-refractivity contribution in [2.45, 2.75) is 26.8 Å². The number of carbonyl (C=O) groups is 1. The van der Waals surface area contributed by atoms with E-state index in [0.29, 0.717) is 0 Å². The first-order chi connectivity index (χ1) is 9.90. The summed E-state index contributed by atoms with van der Waals surface area (Å²) in [5.74, 6) is -0.458. The van der Waals surface area contributed by atoms with Crippen LogP contribution in [0.5, 0.6) is 0 Å². The number of nitro groups is 1. The fraction of sp³-hybridized carbons (Fsp3) is 0.286.